The number of rotatable bonds is 8. The van der Waals surface area contributed by atoms with Gasteiger partial charge in [-0.05, 0) is 37.6 Å². The molecule has 2 aromatic carbocycles. The van der Waals surface area contributed by atoms with E-state index in [1.165, 1.54) is 17.7 Å². The first-order chi connectivity index (χ1) is 14.4. The van der Waals surface area contributed by atoms with Gasteiger partial charge in [0.05, 0.1) is 18.0 Å². The number of nitro groups is 1. The molecule has 0 spiro atoms. The predicted molar refractivity (Wildman–Crippen MR) is 116 cm³/mol. The molecule has 30 heavy (non-hydrogen) atoms. The van der Waals surface area contributed by atoms with Gasteiger partial charge in [-0.15, -0.1) is 0 Å². The maximum atomic E-state index is 12.2. The van der Waals surface area contributed by atoms with Crippen LogP contribution in [0.15, 0.2) is 42.5 Å². The number of nitrogens with zero attached hydrogens (tertiary/aromatic N) is 3. The normalized spacial score (nSPS) is 14.4. The molecular formula is C22H28N4O4. The number of aryl methyl sites for hydroxylation is 2. The van der Waals surface area contributed by atoms with Crippen molar-refractivity contribution in [2.75, 3.05) is 50.8 Å². The second kappa shape index (κ2) is 10.1. The number of benzene rings is 2. The van der Waals surface area contributed by atoms with Gasteiger partial charge in [-0.25, -0.2) is 0 Å². The zero-order valence-electron chi connectivity index (χ0n) is 17.5. The molecule has 0 radical (unpaired) electrons. The van der Waals surface area contributed by atoms with Gasteiger partial charge in [0.25, 0.3) is 5.69 Å². The van der Waals surface area contributed by atoms with Crippen molar-refractivity contribution in [3.05, 3.63) is 63.7 Å². The fraction of sp³-hybridized carbons (Fsp3) is 0.409. The van der Waals surface area contributed by atoms with Crippen LogP contribution in [0.4, 0.5) is 11.4 Å². The molecule has 1 heterocycles. The van der Waals surface area contributed by atoms with E-state index in [9.17, 15) is 14.9 Å². The van der Waals surface area contributed by atoms with E-state index >= 15 is 0 Å². The summed E-state index contributed by atoms with van der Waals surface area (Å²) in [7, 11) is 0. The molecule has 0 saturated carbocycles. The molecule has 0 bridgehead atoms. The van der Waals surface area contributed by atoms with Crippen LogP contribution in [0.5, 0.6) is 5.75 Å². The molecule has 1 amide bonds. The van der Waals surface area contributed by atoms with E-state index in [4.69, 9.17) is 4.74 Å². The van der Waals surface area contributed by atoms with E-state index in [-0.39, 0.29) is 11.6 Å². The Balaban J connectivity index is 1.35. The lowest BCUT2D eigenvalue weighted by molar-refractivity contribution is -0.384. The number of piperazine rings is 1. The Kier molecular flexibility index (Phi) is 7.24. The van der Waals surface area contributed by atoms with E-state index in [2.05, 4.69) is 21.2 Å². The highest BCUT2D eigenvalue weighted by Crippen LogP contribution is 2.21. The lowest BCUT2D eigenvalue weighted by Crippen LogP contribution is -2.49. The van der Waals surface area contributed by atoms with Gasteiger partial charge < -0.3 is 15.0 Å². The maximum absolute atomic E-state index is 12.2. The predicted octanol–water partition coefficient (Wildman–Crippen LogP) is 2.53. The number of non-ortho nitro benzene ring substituents is 1. The van der Waals surface area contributed by atoms with Crippen LogP contribution in [0, 0.1) is 24.0 Å². The summed E-state index contributed by atoms with van der Waals surface area (Å²) in [5, 5.41) is 13.7. The molecule has 1 fully saturated rings. The van der Waals surface area contributed by atoms with Crippen LogP contribution >= 0.6 is 0 Å². The topological polar surface area (TPSA) is 88.0 Å². The third-order valence-electron chi connectivity index (χ3n) is 5.18. The minimum absolute atomic E-state index is 0.0111. The first-order valence-electron chi connectivity index (χ1n) is 10.1. The third-order valence-corrected chi connectivity index (χ3v) is 5.18. The molecule has 0 atom stereocenters. The molecular weight excluding hydrogens is 384 g/mol. The third kappa shape index (κ3) is 5.93. The van der Waals surface area contributed by atoms with E-state index in [1.807, 2.05) is 26.0 Å². The summed E-state index contributed by atoms with van der Waals surface area (Å²) in [6.07, 6.45) is 0. The smallest absolute Gasteiger partial charge is 0.269 e. The number of nitrogens with one attached hydrogen (secondary N) is 1. The highest BCUT2D eigenvalue weighted by atomic mass is 16.6. The summed E-state index contributed by atoms with van der Waals surface area (Å²) in [6.45, 7) is 8.41. The minimum atomic E-state index is -0.396. The molecule has 2 aromatic rings. The Morgan fingerprint density at radius 3 is 2.43 bits per heavy atom. The van der Waals surface area contributed by atoms with Gasteiger partial charge in [0, 0.05) is 44.0 Å². The van der Waals surface area contributed by atoms with E-state index in [0.717, 1.165) is 43.2 Å². The van der Waals surface area contributed by atoms with Gasteiger partial charge in [0.1, 0.15) is 12.4 Å². The lowest BCUT2D eigenvalue weighted by Gasteiger charge is -2.35. The van der Waals surface area contributed by atoms with Gasteiger partial charge in [0.2, 0.25) is 5.91 Å². The van der Waals surface area contributed by atoms with Crippen molar-refractivity contribution in [1.29, 1.82) is 0 Å². The molecule has 160 valence electrons. The van der Waals surface area contributed by atoms with Gasteiger partial charge >= 0.3 is 0 Å². The number of anilines is 1. The first-order valence-corrected chi connectivity index (χ1v) is 10.1. The van der Waals surface area contributed by atoms with Crippen LogP contribution in [0.3, 0.4) is 0 Å². The Labute approximate surface area is 176 Å². The van der Waals surface area contributed by atoms with Gasteiger partial charge in [-0.3, -0.25) is 19.8 Å². The summed E-state index contributed by atoms with van der Waals surface area (Å²) < 4.78 is 5.74. The number of hydrogen-bond donors (Lipinski definition) is 1. The highest BCUT2D eigenvalue weighted by molar-refractivity contribution is 5.78. The van der Waals surface area contributed by atoms with Crippen LogP contribution < -0.4 is 15.0 Å². The van der Waals surface area contributed by atoms with Gasteiger partial charge in [-0.2, -0.15) is 0 Å². The minimum Gasteiger partial charge on any atom is -0.491 e. The number of carbonyl (C=O) groups excluding carboxylic acids is 1. The van der Waals surface area contributed by atoms with Crippen LogP contribution in [-0.4, -0.2) is 61.6 Å². The van der Waals surface area contributed by atoms with Crippen molar-refractivity contribution >= 4 is 17.3 Å². The molecule has 1 N–H and O–H groups in total. The Bertz CT molecular complexity index is 877. The van der Waals surface area contributed by atoms with E-state index in [1.54, 1.807) is 12.1 Å². The summed E-state index contributed by atoms with van der Waals surface area (Å²) in [6, 6.07) is 12.6. The van der Waals surface area contributed by atoms with Crippen LogP contribution in [0.25, 0.3) is 0 Å². The molecule has 0 unspecified atom stereocenters. The average Bonchev–Trinajstić information content (AvgIpc) is 2.73. The maximum Gasteiger partial charge on any atom is 0.269 e. The Hall–Kier alpha value is -3.13. The SMILES string of the molecule is Cc1ccc(OCCNC(=O)CN2CCN(c3ccc([N+](=O)[O-])cc3)CC2)c(C)c1. The Morgan fingerprint density at radius 1 is 1.10 bits per heavy atom. The summed E-state index contributed by atoms with van der Waals surface area (Å²) in [4.78, 5) is 26.9. The van der Waals surface area contributed by atoms with Gasteiger partial charge in [0.15, 0.2) is 0 Å². The van der Waals surface area contributed by atoms with Crippen molar-refractivity contribution in [2.24, 2.45) is 0 Å². The number of carbonyl (C=O) groups is 1. The fourth-order valence-corrected chi connectivity index (χ4v) is 3.52. The second-order valence-electron chi connectivity index (χ2n) is 7.50. The summed E-state index contributed by atoms with van der Waals surface area (Å²) >= 11 is 0. The Morgan fingerprint density at radius 2 is 1.80 bits per heavy atom. The van der Waals surface area contributed by atoms with E-state index in [0.29, 0.717) is 19.7 Å². The fourth-order valence-electron chi connectivity index (χ4n) is 3.52. The van der Waals surface area contributed by atoms with Crippen molar-refractivity contribution in [1.82, 2.24) is 10.2 Å². The monoisotopic (exact) mass is 412 g/mol. The van der Waals surface area contributed by atoms with Gasteiger partial charge in [-0.1, -0.05) is 17.7 Å². The quantitative estimate of drug-likeness (QED) is 0.407. The molecule has 8 heteroatoms. The first kappa shape index (κ1) is 21.6. The molecule has 3 rings (SSSR count). The van der Waals surface area contributed by atoms with Crippen molar-refractivity contribution in [3.8, 4) is 5.75 Å². The molecule has 1 saturated heterocycles. The van der Waals surface area contributed by atoms with Crippen LogP contribution in [-0.2, 0) is 4.79 Å². The average molecular weight is 412 g/mol. The highest BCUT2D eigenvalue weighted by Gasteiger charge is 2.19. The largest absolute Gasteiger partial charge is 0.491 e. The number of amides is 1. The number of hydrogen-bond acceptors (Lipinski definition) is 6. The molecule has 8 nitrogen and oxygen atoms in total. The number of ether oxygens (including phenoxy) is 1. The second-order valence-corrected chi connectivity index (χ2v) is 7.50. The van der Waals surface area contributed by atoms with Crippen LogP contribution in [0.2, 0.25) is 0 Å². The van der Waals surface area contributed by atoms with E-state index < -0.39 is 4.92 Å². The van der Waals surface area contributed by atoms with Crippen LogP contribution in [0.1, 0.15) is 11.1 Å². The van der Waals surface area contributed by atoms with Crippen molar-refractivity contribution in [2.45, 2.75) is 13.8 Å². The van der Waals surface area contributed by atoms with Crippen molar-refractivity contribution in [3.63, 3.8) is 0 Å². The van der Waals surface area contributed by atoms with Crippen molar-refractivity contribution < 1.29 is 14.5 Å². The molecule has 0 aliphatic carbocycles. The molecule has 0 aromatic heterocycles. The molecule has 1 aliphatic rings. The summed E-state index contributed by atoms with van der Waals surface area (Å²) in [5.74, 6) is 0.834. The summed E-state index contributed by atoms with van der Waals surface area (Å²) in [5.41, 5.74) is 3.35. The standard InChI is InChI=1S/C22H28N4O4/c1-17-3-8-21(18(2)15-17)30-14-9-23-22(27)16-24-10-12-25(13-11-24)19-4-6-20(7-5-19)26(28)29/h3-8,15H,9-14,16H2,1-2H3,(H,23,27). The zero-order chi connectivity index (χ0) is 21.5. The lowest BCUT2D eigenvalue weighted by atomic mass is 10.1. The zero-order valence-corrected chi connectivity index (χ0v) is 17.5. The number of nitro benzene ring substituents is 1. The molecule has 1 aliphatic heterocycles.